The fourth-order valence-corrected chi connectivity index (χ4v) is 2.77. The van der Waals surface area contributed by atoms with Gasteiger partial charge in [-0.15, -0.1) is 0 Å². The molecule has 0 saturated carbocycles. The molecule has 0 aromatic heterocycles. The summed E-state index contributed by atoms with van der Waals surface area (Å²) in [6.45, 7) is 18.8. The molecule has 1 aliphatic heterocycles. The highest BCUT2D eigenvalue weighted by molar-refractivity contribution is 5.79. The average Bonchev–Trinajstić information content (AvgIpc) is 2.56. The van der Waals surface area contributed by atoms with Crippen LogP contribution < -0.4 is 10.6 Å². The standard InChI is InChI=1S/C17H37N5/c1-5-16(6-2)15-20-17(18-7-3)19-9-10-22-13-11-21(8-4)12-14-22/h16H,5-15H2,1-4H3,(H2,18,19,20). The molecule has 5 nitrogen and oxygen atoms in total. The molecule has 0 aromatic carbocycles. The maximum Gasteiger partial charge on any atom is 0.191 e. The van der Waals surface area contributed by atoms with Gasteiger partial charge in [-0.3, -0.25) is 9.89 Å². The van der Waals surface area contributed by atoms with Crippen molar-refractivity contribution in [2.24, 2.45) is 10.9 Å². The summed E-state index contributed by atoms with van der Waals surface area (Å²) in [4.78, 5) is 9.80. The minimum atomic E-state index is 0.706. The van der Waals surface area contributed by atoms with Crippen LogP contribution in [0.15, 0.2) is 4.99 Å². The lowest BCUT2D eigenvalue weighted by molar-refractivity contribution is 0.139. The van der Waals surface area contributed by atoms with E-state index in [0.717, 1.165) is 32.1 Å². The van der Waals surface area contributed by atoms with Crippen LogP contribution in [0.2, 0.25) is 0 Å². The zero-order valence-electron chi connectivity index (χ0n) is 15.2. The third kappa shape index (κ3) is 7.45. The predicted molar refractivity (Wildman–Crippen MR) is 96.6 cm³/mol. The van der Waals surface area contributed by atoms with Gasteiger partial charge in [-0.1, -0.05) is 33.6 Å². The Morgan fingerprint density at radius 1 is 0.955 bits per heavy atom. The maximum absolute atomic E-state index is 4.73. The van der Waals surface area contributed by atoms with Gasteiger partial charge in [0, 0.05) is 52.4 Å². The highest BCUT2D eigenvalue weighted by Crippen LogP contribution is 2.07. The molecule has 5 heteroatoms. The largest absolute Gasteiger partial charge is 0.357 e. The van der Waals surface area contributed by atoms with Gasteiger partial charge in [0.25, 0.3) is 0 Å². The maximum atomic E-state index is 4.73. The van der Waals surface area contributed by atoms with Gasteiger partial charge in [-0.2, -0.15) is 0 Å². The van der Waals surface area contributed by atoms with Gasteiger partial charge in [-0.05, 0) is 19.4 Å². The normalized spacial score (nSPS) is 18.0. The van der Waals surface area contributed by atoms with E-state index in [0.29, 0.717) is 5.92 Å². The Bertz CT molecular complexity index is 293. The first-order valence-electron chi connectivity index (χ1n) is 9.20. The minimum absolute atomic E-state index is 0.706. The van der Waals surface area contributed by atoms with Crippen LogP contribution in [0.4, 0.5) is 0 Å². The molecule has 22 heavy (non-hydrogen) atoms. The number of piperazine rings is 1. The smallest absolute Gasteiger partial charge is 0.191 e. The summed E-state index contributed by atoms with van der Waals surface area (Å²) in [6.07, 6.45) is 2.42. The first-order valence-corrected chi connectivity index (χ1v) is 9.20. The number of guanidine groups is 1. The first-order chi connectivity index (χ1) is 10.7. The van der Waals surface area contributed by atoms with E-state index in [1.165, 1.54) is 45.6 Å². The molecule has 0 atom stereocenters. The van der Waals surface area contributed by atoms with Crippen molar-refractivity contribution >= 4 is 5.96 Å². The molecule has 1 rings (SSSR count). The van der Waals surface area contributed by atoms with E-state index >= 15 is 0 Å². The molecule has 1 fully saturated rings. The van der Waals surface area contributed by atoms with Crippen LogP contribution in [0.3, 0.4) is 0 Å². The molecule has 0 spiro atoms. The third-order valence-corrected chi connectivity index (χ3v) is 4.64. The molecule has 0 bridgehead atoms. The Hall–Kier alpha value is -0.810. The summed E-state index contributed by atoms with van der Waals surface area (Å²) in [5, 5.41) is 6.83. The number of rotatable bonds is 9. The van der Waals surface area contributed by atoms with Gasteiger partial charge in [0.05, 0.1) is 0 Å². The van der Waals surface area contributed by atoms with Crippen molar-refractivity contribution in [1.29, 1.82) is 0 Å². The summed E-state index contributed by atoms with van der Waals surface area (Å²) in [5.74, 6) is 1.68. The lowest BCUT2D eigenvalue weighted by atomic mass is 10.0. The second-order valence-electron chi connectivity index (χ2n) is 6.10. The van der Waals surface area contributed by atoms with E-state index in [4.69, 9.17) is 4.99 Å². The SMILES string of the molecule is CCNC(=NCC(CC)CC)NCCN1CCN(CC)CC1. The molecular formula is C17H37N5. The average molecular weight is 312 g/mol. The summed E-state index contributed by atoms with van der Waals surface area (Å²) in [5.41, 5.74) is 0. The van der Waals surface area contributed by atoms with Gasteiger partial charge in [-0.25, -0.2) is 0 Å². The molecule has 1 saturated heterocycles. The second kappa shape index (κ2) is 11.7. The number of aliphatic imine (C=N–C) groups is 1. The number of nitrogens with one attached hydrogen (secondary N) is 2. The van der Waals surface area contributed by atoms with Crippen LogP contribution in [-0.4, -0.2) is 74.7 Å². The minimum Gasteiger partial charge on any atom is -0.357 e. The van der Waals surface area contributed by atoms with E-state index in [2.05, 4.69) is 48.1 Å². The molecule has 2 N–H and O–H groups in total. The number of hydrogen-bond donors (Lipinski definition) is 2. The van der Waals surface area contributed by atoms with Crippen molar-refractivity contribution in [3.8, 4) is 0 Å². The van der Waals surface area contributed by atoms with Crippen LogP contribution >= 0.6 is 0 Å². The summed E-state index contributed by atoms with van der Waals surface area (Å²) in [6, 6.07) is 0. The Morgan fingerprint density at radius 3 is 2.14 bits per heavy atom. The molecule has 1 aliphatic rings. The lowest BCUT2D eigenvalue weighted by Gasteiger charge is -2.34. The fourth-order valence-electron chi connectivity index (χ4n) is 2.77. The number of likely N-dealkylation sites (N-methyl/N-ethyl adjacent to an activating group) is 1. The number of nitrogens with zero attached hydrogens (tertiary/aromatic N) is 3. The first kappa shape index (κ1) is 19.2. The summed E-state index contributed by atoms with van der Waals surface area (Å²) < 4.78 is 0. The Labute approximate surface area is 137 Å². The van der Waals surface area contributed by atoms with E-state index in [1.807, 2.05) is 0 Å². The van der Waals surface area contributed by atoms with Crippen molar-refractivity contribution in [3.05, 3.63) is 0 Å². The zero-order valence-corrected chi connectivity index (χ0v) is 15.2. The van der Waals surface area contributed by atoms with Crippen LogP contribution in [0.25, 0.3) is 0 Å². The molecule has 0 amide bonds. The number of hydrogen-bond acceptors (Lipinski definition) is 3. The molecule has 1 heterocycles. The van der Waals surface area contributed by atoms with Gasteiger partial charge in [0.2, 0.25) is 0 Å². The van der Waals surface area contributed by atoms with Gasteiger partial charge >= 0.3 is 0 Å². The van der Waals surface area contributed by atoms with Crippen LogP contribution in [-0.2, 0) is 0 Å². The zero-order chi connectivity index (χ0) is 16.2. The highest BCUT2D eigenvalue weighted by Gasteiger charge is 2.14. The monoisotopic (exact) mass is 311 g/mol. The molecule has 0 aliphatic carbocycles. The van der Waals surface area contributed by atoms with Crippen LogP contribution in [0.1, 0.15) is 40.5 Å². The van der Waals surface area contributed by atoms with Gasteiger partial charge in [0.1, 0.15) is 0 Å². The lowest BCUT2D eigenvalue weighted by Crippen LogP contribution is -2.49. The molecular weight excluding hydrogens is 274 g/mol. The Kier molecular flexibility index (Phi) is 10.2. The molecule has 130 valence electrons. The van der Waals surface area contributed by atoms with Gasteiger partial charge < -0.3 is 15.5 Å². The van der Waals surface area contributed by atoms with E-state index < -0.39 is 0 Å². The molecule has 0 radical (unpaired) electrons. The van der Waals surface area contributed by atoms with Crippen LogP contribution in [0, 0.1) is 5.92 Å². The van der Waals surface area contributed by atoms with E-state index in [1.54, 1.807) is 0 Å². The quantitative estimate of drug-likeness (QED) is 0.502. The highest BCUT2D eigenvalue weighted by atomic mass is 15.3. The topological polar surface area (TPSA) is 42.9 Å². The third-order valence-electron chi connectivity index (χ3n) is 4.64. The summed E-state index contributed by atoms with van der Waals surface area (Å²) >= 11 is 0. The van der Waals surface area contributed by atoms with E-state index in [9.17, 15) is 0 Å². The van der Waals surface area contributed by atoms with Crippen molar-refractivity contribution in [2.75, 3.05) is 58.9 Å². The van der Waals surface area contributed by atoms with Gasteiger partial charge in [0.15, 0.2) is 5.96 Å². The summed E-state index contributed by atoms with van der Waals surface area (Å²) in [7, 11) is 0. The van der Waals surface area contributed by atoms with Crippen molar-refractivity contribution in [2.45, 2.75) is 40.5 Å². The fraction of sp³-hybridized carbons (Fsp3) is 0.941. The molecule has 0 unspecified atom stereocenters. The second-order valence-corrected chi connectivity index (χ2v) is 6.10. The Balaban J connectivity index is 2.27. The Morgan fingerprint density at radius 2 is 1.59 bits per heavy atom. The predicted octanol–water partition coefficient (Wildman–Crippen LogP) is 1.62. The van der Waals surface area contributed by atoms with Crippen molar-refractivity contribution < 1.29 is 0 Å². The van der Waals surface area contributed by atoms with Crippen molar-refractivity contribution in [1.82, 2.24) is 20.4 Å². The molecule has 0 aromatic rings. The van der Waals surface area contributed by atoms with Crippen LogP contribution in [0.5, 0.6) is 0 Å². The van der Waals surface area contributed by atoms with Crippen molar-refractivity contribution in [3.63, 3.8) is 0 Å². The van der Waals surface area contributed by atoms with E-state index in [-0.39, 0.29) is 0 Å².